The zero-order chi connectivity index (χ0) is 32.3. The molecule has 1 atom stereocenters. The van der Waals surface area contributed by atoms with Gasteiger partial charge in [-0.3, -0.25) is 9.36 Å². The van der Waals surface area contributed by atoms with Crippen LogP contribution < -0.4 is 19.9 Å². The molecular weight excluding hydrogens is 594 g/mol. The lowest BCUT2D eigenvalue weighted by molar-refractivity contribution is -0.132. The number of ether oxygens (including phenoxy) is 3. The highest BCUT2D eigenvalue weighted by molar-refractivity contribution is 5.78. The average molecular weight is 632 g/mol. The summed E-state index contributed by atoms with van der Waals surface area (Å²) < 4.78 is 21.3. The predicted octanol–water partition coefficient (Wildman–Crippen LogP) is 5.96. The van der Waals surface area contributed by atoms with Crippen LogP contribution in [0.3, 0.4) is 0 Å². The highest BCUT2D eigenvalue weighted by Crippen LogP contribution is 2.36. The summed E-state index contributed by atoms with van der Waals surface area (Å²) in [5.74, 6) is 1.63. The molecule has 10 nitrogen and oxygen atoms in total. The van der Waals surface area contributed by atoms with E-state index in [0.29, 0.717) is 55.4 Å². The Bertz CT molecular complexity index is 2050. The lowest BCUT2D eigenvalue weighted by Gasteiger charge is -2.33. The summed E-state index contributed by atoms with van der Waals surface area (Å²) in [4.78, 5) is 36.5. The lowest BCUT2D eigenvalue weighted by atomic mass is 9.91. The molecule has 7 rings (SSSR count). The second-order valence-electron chi connectivity index (χ2n) is 11.9. The number of likely N-dealkylation sites (tertiary alicyclic amines) is 1. The largest absolute Gasteiger partial charge is 0.497 e. The van der Waals surface area contributed by atoms with Gasteiger partial charge in [0.2, 0.25) is 5.91 Å². The van der Waals surface area contributed by atoms with Gasteiger partial charge in [-0.15, -0.1) is 0 Å². The fourth-order valence-electron chi connectivity index (χ4n) is 6.65. The van der Waals surface area contributed by atoms with Crippen LogP contribution in [0, 0.1) is 0 Å². The third kappa shape index (κ3) is 6.06. The number of H-pyrrole nitrogens is 1. The molecule has 3 aromatic carbocycles. The van der Waals surface area contributed by atoms with Crippen molar-refractivity contribution >= 4 is 22.6 Å². The Morgan fingerprint density at radius 3 is 2.40 bits per heavy atom. The van der Waals surface area contributed by atoms with Crippen molar-refractivity contribution in [2.75, 3.05) is 27.3 Å². The van der Waals surface area contributed by atoms with Crippen molar-refractivity contribution in [3.8, 4) is 17.2 Å². The van der Waals surface area contributed by atoms with Gasteiger partial charge < -0.3 is 28.5 Å². The molecule has 0 radical (unpaired) electrons. The number of methoxy groups -OCH3 is 2. The van der Waals surface area contributed by atoms with Crippen LogP contribution in [-0.2, 0) is 11.4 Å². The van der Waals surface area contributed by atoms with Crippen LogP contribution in [0.15, 0.2) is 102 Å². The zero-order valence-electron chi connectivity index (χ0n) is 26.5. The fourth-order valence-corrected chi connectivity index (χ4v) is 6.65. The van der Waals surface area contributed by atoms with Gasteiger partial charge in [-0.05, 0) is 60.4 Å². The van der Waals surface area contributed by atoms with E-state index in [1.807, 2.05) is 111 Å². The van der Waals surface area contributed by atoms with Gasteiger partial charge in [0.15, 0.2) is 11.4 Å². The van der Waals surface area contributed by atoms with Crippen LogP contribution in [0.25, 0.3) is 16.7 Å². The number of rotatable bonds is 10. The van der Waals surface area contributed by atoms with Gasteiger partial charge in [-0.25, -0.2) is 9.78 Å². The third-order valence-electron chi connectivity index (χ3n) is 9.08. The van der Waals surface area contributed by atoms with Gasteiger partial charge in [0.05, 0.1) is 30.9 Å². The number of carbonyl (C=O) groups excluding carboxylic acids is 1. The van der Waals surface area contributed by atoms with Crippen molar-refractivity contribution in [2.24, 2.45) is 0 Å². The molecule has 1 fully saturated rings. The second-order valence-corrected chi connectivity index (χ2v) is 11.9. The molecule has 0 spiro atoms. The first-order chi connectivity index (χ1) is 23.0. The molecule has 0 bridgehead atoms. The van der Waals surface area contributed by atoms with Crippen molar-refractivity contribution in [2.45, 2.75) is 37.8 Å². The van der Waals surface area contributed by atoms with Crippen molar-refractivity contribution in [3.63, 3.8) is 0 Å². The van der Waals surface area contributed by atoms with E-state index in [-0.39, 0.29) is 30.0 Å². The van der Waals surface area contributed by atoms with E-state index < -0.39 is 0 Å². The highest BCUT2D eigenvalue weighted by atomic mass is 16.5. The maximum Gasteiger partial charge on any atom is 0.326 e. The van der Waals surface area contributed by atoms with Crippen LogP contribution >= 0.6 is 0 Å². The summed E-state index contributed by atoms with van der Waals surface area (Å²) in [5, 5.41) is 0. The zero-order valence-corrected chi connectivity index (χ0v) is 26.5. The van der Waals surface area contributed by atoms with E-state index in [1.54, 1.807) is 14.2 Å². The maximum absolute atomic E-state index is 14.1. The number of pyridine rings is 1. The quantitative estimate of drug-likeness (QED) is 0.200. The number of nitrogens with one attached hydrogen (secondary N) is 1. The van der Waals surface area contributed by atoms with Crippen LogP contribution in [0.5, 0.6) is 17.2 Å². The summed E-state index contributed by atoms with van der Waals surface area (Å²) in [7, 11) is 3.24. The van der Waals surface area contributed by atoms with Gasteiger partial charge in [0.1, 0.15) is 18.1 Å². The summed E-state index contributed by atoms with van der Waals surface area (Å²) >= 11 is 0. The smallest absolute Gasteiger partial charge is 0.326 e. The summed E-state index contributed by atoms with van der Waals surface area (Å²) in [6.45, 7) is 1.54. The van der Waals surface area contributed by atoms with E-state index in [2.05, 4.69) is 4.98 Å². The monoisotopic (exact) mass is 631 g/mol. The average Bonchev–Trinajstić information content (AvgIpc) is 3.70. The lowest BCUT2D eigenvalue weighted by Crippen LogP contribution is -2.41. The molecule has 1 saturated heterocycles. The molecule has 1 unspecified atom stereocenters. The maximum atomic E-state index is 14.1. The van der Waals surface area contributed by atoms with E-state index >= 15 is 0 Å². The topological polar surface area (TPSA) is 103 Å². The Morgan fingerprint density at radius 2 is 1.66 bits per heavy atom. The number of benzene rings is 3. The minimum atomic E-state index is -0.347. The summed E-state index contributed by atoms with van der Waals surface area (Å²) in [6.07, 6.45) is 5.39. The van der Waals surface area contributed by atoms with Crippen LogP contribution in [0.2, 0.25) is 0 Å². The first-order valence-corrected chi connectivity index (χ1v) is 15.8. The number of aromatic amines is 1. The predicted molar refractivity (Wildman–Crippen MR) is 179 cm³/mol. The Kier molecular flexibility index (Phi) is 8.39. The number of para-hydroxylation sites is 2. The van der Waals surface area contributed by atoms with Crippen molar-refractivity contribution < 1.29 is 19.0 Å². The molecule has 0 saturated carbocycles. The van der Waals surface area contributed by atoms with Crippen LogP contribution in [0.1, 0.15) is 48.0 Å². The second kappa shape index (κ2) is 13.1. The van der Waals surface area contributed by atoms with Gasteiger partial charge in [-0.2, -0.15) is 0 Å². The minimum absolute atomic E-state index is 0.0224. The van der Waals surface area contributed by atoms with Gasteiger partial charge in [-0.1, -0.05) is 42.5 Å². The number of aromatic nitrogens is 4. The van der Waals surface area contributed by atoms with Crippen LogP contribution in [-0.4, -0.2) is 57.1 Å². The van der Waals surface area contributed by atoms with E-state index in [4.69, 9.17) is 19.2 Å². The van der Waals surface area contributed by atoms with E-state index in [9.17, 15) is 9.59 Å². The molecule has 6 aromatic rings. The molecule has 1 aliphatic rings. The number of amides is 1. The Labute approximate surface area is 272 Å². The molecule has 1 N–H and O–H groups in total. The molecule has 0 aliphatic carbocycles. The number of carbonyl (C=O) groups is 1. The number of hydrogen-bond acceptors (Lipinski definition) is 6. The molecule has 3 aromatic heterocycles. The Hall–Kier alpha value is -5.51. The molecule has 1 amide bonds. The van der Waals surface area contributed by atoms with E-state index in [0.717, 1.165) is 27.9 Å². The first kappa shape index (κ1) is 30.2. The normalized spacial score (nSPS) is 14.4. The number of piperidine rings is 1. The third-order valence-corrected chi connectivity index (χ3v) is 9.08. The Balaban J connectivity index is 1.16. The number of hydrogen-bond donors (Lipinski definition) is 1. The molecule has 10 heteroatoms. The minimum Gasteiger partial charge on any atom is -0.497 e. The molecular formula is C37H37N5O5. The van der Waals surface area contributed by atoms with E-state index in [1.165, 1.54) is 0 Å². The first-order valence-electron chi connectivity index (χ1n) is 15.8. The van der Waals surface area contributed by atoms with Crippen molar-refractivity contribution in [1.82, 2.24) is 23.8 Å². The summed E-state index contributed by atoms with van der Waals surface area (Å²) in [6, 6.07) is 27.3. The fraction of sp³-hybridized carbons (Fsp3) is 0.270. The van der Waals surface area contributed by atoms with Crippen molar-refractivity contribution in [3.05, 3.63) is 125 Å². The standard InChI is InChI=1S/C37H37N5O5/c1-45-28-19-26(20-29(21-28)46-2)30(33-23-38-36-34(13-8-16-41(33)36)47-24-25-9-4-3-5-10-25)22-35(43)40-17-14-27(15-18-40)42-32-12-7-6-11-31(32)39-37(42)44/h3-13,16,19-21,23,27,30H,14-15,17-18,22,24H2,1-2H3,(H,39,44). The number of fused-ring (bicyclic) bond motifs is 2. The summed E-state index contributed by atoms with van der Waals surface area (Å²) in [5.41, 5.74) is 5.09. The van der Waals surface area contributed by atoms with Gasteiger partial charge in [0.25, 0.3) is 0 Å². The molecule has 240 valence electrons. The molecule has 47 heavy (non-hydrogen) atoms. The van der Waals surface area contributed by atoms with Crippen molar-refractivity contribution in [1.29, 1.82) is 0 Å². The van der Waals surface area contributed by atoms with Crippen LogP contribution in [0.4, 0.5) is 0 Å². The SMILES string of the molecule is COc1cc(OC)cc(C(CC(=O)N2CCC(n3c(=O)[nH]c4ccccc43)CC2)c2cnc3c(OCc4ccccc4)cccn23)c1. The molecule has 1 aliphatic heterocycles. The van der Waals surface area contributed by atoms with Gasteiger partial charge in [0, 0.05) is 49.9 Å². The molecule has 4 heterocycles. The highest BCUT2D eigenvalue weighted by Gasteiger charge is 2.30. The van der Waals surface area contributed by atoms with Gasteiger partial charge >= 0.3 is 5.69 Å². The number of nitrogens with zero attached hydrogens (tertiary/aromatic N) is 4. The Morgan fingerprint density at radius 1 is 0.936 bits per heavy atom. The number of imidazole rings is 2.